The maximum absolute atomic E-state index is 2.61. The van der Waals surface area contributed by atoms with Crippen molar-refractivity contribution in [2.24, 2.45) is 0 Å². The Hall–Kier alpha value is -2.42. The highest BCUT2D eigenvalue weighted by Gasteiger charge is 2.37. The van der Waals surface area contributed by atoms with Crippen molar-refractivity contribution < 1.29 is 4.48 Å². The second kappa shape index (κ2) is 10.4. The number of hydrogen-bond donors (Lipinski definition) is 0. The van der Waals surface area contributed by atoms with Crippen LogP contribution in [0.2, 0.25) is 0 Å². The van der Waals surface area contributed by atoms with Gasteiger partial charge in [-0.15, -0.1) is 0 Å². The van der Waals surface area contributed by atoms with Gasteiger partial charge in [0.25, 0.3) is 0 Å². The Kier molecular flexibility index (Phi) is 7.62. The van der Waals surface area contributed by atoms with E-state index in [1.54, 1.807) is 0 Å². The molecular formula is C27H35N2+. The fourth-order valence-electron chi connectivity index (χ4n) is 4.50. The second-order valence-corrected chi connectivity index (χ2v) is 8.00. The van der Waals surface area contributed by atoms with E-state index in [-0.39, 0.29) is 0 Å². The molecule has 0 N–H and O–H groups in total. The van der Waals surface area contributed by atoms with Crippen LogP contribution < -0.4 is 0 Å². The molecule has 2 heteroatoms. The predicted molar refractivity (Wildman–Crippen MR) is 123 cm³/mol. The average Bonchev–Trinajstić information content (AvgIpc) is 2.76. The van der Waals surface area contributed by atoms with E-state index in [0.29, 0.717) is 6.17 Å². The van der Waals surface area contributed by atoms with Gasteiger partial charge in [0.2, 0.25) is 0 Å². The molecule has 0 fully saturated rings. The van der Waals surface area contributed by atoms with Crippen LogP contribution in [0.5, 0.6) is 0 Å². The lowest BCUT2D eigenvalue weighted by Gasteiger charge is -2.47. The zero-order chi connectivity index (χ0) is 20.5. The van der Waals surface area contributed by atoms with Gasteiger partial charge in [-0.25, -0.2) is 0 Å². The van der Waals surface area contributed by atoms with Crippen LogP contribution in [0, 0.1) is 0 Å². The highest BCUT2D eigenvalue weighted by molar-refractivity contribution is 5.17. The standard InChI is InChI=1S/C27H35N2/c1-4-28(5-2)24(3)29(21-25-15-9-6-10-16-25,22-26-17-11-7-12-18-26)23-27-19-13-8-14-20-27/h6-20,24H,4-5,21-23H2,1-3H3/q+1. The molecule has 0 aliphatic rings. The normalized spacial score (nSPS) is 12.8. The number of benzene rings is 3. The van der Waals surface area contributed by atoms with Gasteiger partial charge >= 0.3 is 0 Å². The van der Waals surface area contributed by atoms with Gasteiger partial charge in [0, 0.05) is 36.7 Å². The molecule has 0 saturated carbocycles. The van der Waals surface area contributed by atoms with Crippen molar-refractivity contribution in [2.45, 2.75) is 46.6 Å². The Balaban J connectivity index is 2.07. The van der Waals surface area contributed by atoms with Crippen LogP contribution in [0.15, 0.2) is 91.0 Å². The van der Waals surface area contributed by atoms with Crippen LogP contribution in [0.25, 0.3) is 0 Å². The Labute approximate surface area is 177 Å². The minimum atomic E-state index is 0.408. The molecule has 0 heterocycles. The minimum Gasteiger partial charge on any atom is -0.298 e. The third kappa shape index (κ3) is 5.56. The highest BCUT2D eigenvalue weighted by Crippen LogP contribution is 2.29. The zero-order valence-corrected chi connectivity index (χ0v) is 18.2. The monoisotopic (exact) mass is 387 g/mol. The van der Waals surface area contributed by atoms with Crippen LogP contribution in [0.4, 0.5) is 0 Å². The molecule has 1 atom stereocenters. The van der Waals surface area contributed by atoms with Crippen molar-refractivity contribution in [2.75, 3.05) is 13.1 Å². The summed E-state index contributed by atoms with van der Waals surface area (Å²) in [5.74, 6) is 0. The summed E-state index contributed by atoms with van der Waals surface area (Å²) in [5.41, 5.74) is 4.20. The van der Waals surface area contributed by atoms with Crippen molar-refractivity contribution in [3.63, 3.8) is 0 Å². The molecule has 0 spiro atoms. The lowest BCUT2D eigenvalue weighted by atomic mass is 10.1. The predicted octanol–water partition coefficient (Wildman–Crippen LogP) is 6.09. The molecule has 152 valence electrons. The lowest BCUT2D eigenvalue weighted by Crippen LogP contribution is -2.59. The van der Waals surface area contributed by atoms with Gasteiger partial charge in [0.1, 0.15) is 25.8 Å². The van der Waals surface area contributed by atoms with Gasteiger partial charge in [-0.2, -0.15) is 0 Å². The summed E-state index contributed by atoms with van der Waals surface area (Å²) in [6.45, 7) is 12.2. The van der Waals surface area contributed by atoms with E-state index in [9.17, 15) is 0 Å². The molecule has 3 aromatic rings. The molecule has 2 nitrogen and oxygen atoms in total. The van der Waals surface area contributed by atoms with E-state index in [0.717, 1.165) is 37.2 Å². The summed E-state index contributed by atoms with van der Waals surface area (Å²) < 4.78 is 0.986. The number of hydrogen-bond acceptors (Lipinski definition) is 1. The van der Waals surface area contributed by atoms with Gasteiger partial charge in [0.15, 0.2) is 0 Å². The van der Waals surface area contributed by atoms with Crippen LogP contribution in [0.3, 0.4) is 0 Å². The quantitative estimate of drug-likeness (QED) is 0.300. The summed E-state index contributed by atoms with van der Waals surface area (Å²) >= 11 is 0. The van der Waals surface area contributed by atoms with Crippen molar-refractivity contribution in [3.05, 3.63) is 108 Å². The number of quaternary nitrogens is 1. The topological polar surface area (TPSA) is 3.24 Å². The summed E-state index contributed by atoms with van der Waals surface area (Å²) in [5, 5.41) is 0. The SMILES string of the molecule is CCN(CC)C(C)[N+](Cc1ccccc1)(Cc1ccccc1)Cc1ccccc1. The Morgan fingerprint density at radius 3 is 1.17 bits per heavy atom. The molecule has 3 rings (SSSR count). The molecule has 3 aromatic carbocycles. The van der Waals surface area contributed by atoms with Crippen LogP contribution in [-0.2, 0) is 19.6 Å². The molecule has 0 aromatic heterocycles. The van der Waals surface area contributed by atoms with E-state index in [2.05, 4.69) is 117 Å². The maximum Gasteiger partial charge on any atom is 0.143 e. The fraction of sp³-hybridized carbons (Fsp3) is 0.333. The second-order valence-electron chi connectivity index (χ2n) is 8.00. The van der Waals surface area contributed by atoms with E-state index in [4.69, 9.17) is 0 Å². The van der Waals surface area contributed by atoms with Crippen molar-refractivity contribution in [3.8, 4) is 0 Å². The van der Waals surface area contributed by atoms with Crippen molar-refractivity contribution in [1.29, 1.82) is 0 Å². The molecule has 29 heavy (non-hydrogen) atoms. The van der Waals surface area contributed by atoms with Crippen LogP contribution >= 0.6 is 0 Å². The lowest BCUT2D eigenvalue weighted by molar-refractivity contribution is -0.996. The van der Waals surface area contributed by atoms with Crippen molar-refractivity contribution in [1.82, 2.24) is 4.90 Å². The smallest absolute Gasteiger partial charge is 0.143 e. The molecule has 0 aliphatic carbocycles. The van der Waals surface area contributed by atoms with E-state index in [1.807, 2.05) is 0 Å². The first-order valence-electron chi connectivity index (χ1n) is 10.9. The number of nitrogens with zero attached hydrogens (tertiary/aromatic N) is 2. The largest absolute Gasteiger partial charge is 0.298 e. The van der Waals surface area contributed by atoms with Gasteiger partial charge in [-0.3, -0.25) is 9.38 Å². The van der Waals surface area contributed by atoms with Crippen LogP contribution in [-0.4, -0.2) is 28.6 Å². The molecular weight excluding hydrogens is 352 g/mol. The van der Waals surface area contributed by atoms with Gasteiger partial charge in [0.05, 0.1) is 0 Å². The van der Waals surface area contributed by atoms with E-state index < -0.39 is 0 Å². The molecule has 1 unspecified atom stereocenters. The summed E-state index contributed by atoms with van der Waals surface area (Å²) in [6.07, 6.45) is 0.408. The Morgan fingerprint density at radius 1 is 0.586 bits per heavy atom. The average molecular weight is 388 g/mol. The molecule has 0 radical (unpaired) electrons. The van der Waals surface area contributed by atoms with Crippen LogP contribution in [0.1, 0.15) is 37.5 Å². The number of rotatable bonds is 10. The summed E-state index contributed by atoms with van der Waals surface area (Å²) in [4.78, 5) is 2.61. The molecule has 0 saturated heterocycles. The summed E-state index contributed by atoms with van der Waals surface area (Å²) in [6, 6.07) is 33.0. The highest BCUT2D eigenvalue weighted by atomic mass is 15.5. The fourth-order valence-corrected chi connectivity index (χ4v) is 4.50. The molecule has 0 bridgehead atoms. The van der Waals surface area contributed by atoms with E-state index >= 15 is 0 Å². The summed E-state index contributed by atoms with van der Waals surface area (Å²) in [7, 11) is 0. The van der Waals surface area contributed by atoms with E-state index in [1.165, 1.54) is 16.7 Å². The van der Waals surface area contributed by atoms with Gasteiger partial charge in [-0.05, 0) is 0 Å². The minimum absolute atomic E-state index is 0.408. The molecule has 0 aliphatic heterocycles. The Bertz CT molecular complexity index is 725. The van der Waals surface area contributed by atoms with Gasteiger partial charge in [-0.1, -0.05) is 105 Å². The Morgan fingerprint density at radius 2 is 0.897 bits per heavy atom. The first kappa shape index (κ1) is 21.3. The zero-order valence-electron chi connectivity index (χ0n) is 18.2. The third-order valence-corrected chi connectivity index (χ3v) is 6.15. The van der Waals surface area contributed by atoms with Gasteiger partial charge < -0.3 is 0 Å². The first-order valence-corrected chi connectivity index (χ1v) is 10.9. The maximum atomic E-state index is 2.61. The molecule has 0 amide bonds. The van der Waals surface area contributed by atoms with Crippen molar-refractivity contribution >= 4 is 0 Å². The third-order valence-electron chi connectivity index (χ3n) is 6.15. The first-order chi connectivity index (χ1) is 14.2.